The zero-order valence-electron chi connectivity index (χ0n) is 16.4. The summed E-state index contributed by atoms with van der Waals surface area (Å²) in [6, 6.07) is 20.4. The van der Waals surface area contributed by atoms with Crippen LogP contribution in [0.1, 0.15) is 42.1 Å². The number of hydrogen-bond acceptors (Lipinski definition) is 4. The number of aryl methyl sites for hydroxylation is 2. The molecule has 0 unspecified atom stereocenters. The SMILES string of the molecule is CCCc1c(C)nc(N/N=C(\CCc2ccccc2)c2ccccc2)[nH]c1=O. The van der Waals surface area contributed by atoms with Crippen LogP contribution in [0.15, 0.2) is 70.6 Å². The van der Waals surface area contributed by atoms with Gasteiger partial charge in [-0.15, -0.1) is 0 Å². The van der Waals surface area contributed by atoms with E-state index in [1.54, 1.807) is 0 Å². The van der Waals surface area contributed by atoms with Crippen molar-refractivity contribution in [1.29, 1.82) is 0 Å². The quantitative estimate of drug-likeness (QED) is 0.451. The Labute approximate surface area is 165 Å². The van der Waals surface area contributed by atoms with E-state index in [1.165, 1.54) is 5.56 Å². The fourth-order valence-electron chi connectivity index (χ4n) is 3.13. The molecule has 0 radical (unpaired) electrons. The Bertz CT molecular complexity index is 978. The number of hydrogen-bond donors (Lipinski definition) is 2. The van der Waals surface area contributed by atoms with E-state index in [4.69, 9.17) is 0 Å². The number of aromatic nitrogens is 2. The van der Waals surface area contributed by atoms with Crippen LogP contribution >= 0.6 is 0 Å². The van der Waals surface area contributed by atoms with Gasteiger partial charge in [-0.3, -0.25) is 9.78 Å². The van der Waals surface area contributed by atoms with E-state index < -0.39 is 0 Å². The highest BCUT2D eigenvalue weighted by atomic mass is 16.1. The van der Waals surface area contributed by atoms with Gasteiger partial charge >= 0.3 is 0 Å². The average Bonchev–Trinajstić information content (AvgIpc) is 2.72. The smallest absolute Gasteiger partial charge is 0.255 e. The lowest BCUT2D eigenvalue weighted by atomic mass is 10.0. The molecule has 1 heterocycles. The lowest BCUT2D eigenvalue weighted by Gasteiger charge is -2.09. The summed E-state index contributed by atoms with van der Waals surface area (Å²) in [5.74, 6) is 0.371. The molecule has 0 atom stereocenters. The Morgan fingerprint density at radius 2 is 1.71 bits per heavy atom. The van der Waals surface area contributed by atoms with Crippen molar-refractivity contribution in [1.82, 2.24) is 9.97 Å². The van der Waals surface area contributed by atoms with Crippen LogP contribution in [0.3, 0.4) is 0 Å². The highest BCUT2D eigenvalue weighted by molar-refractivity contribution is 6.01. The molecule has 1 aromatic heterocycles. The zero-order chi connectivity index (χ0) is 19.8. The van der Waals surface area contributed by atoms with Crippen molar-refractivity contribution in [2.75, 3.05) is 5.43 Å². The third-order valence-corrected chi connectivity index (χ3v) is 4.62. The van der Waals surface area contributed by atoms with Crippen molar-refractivity contribution >= 4 is 11.7 Å². The Morgan fingerprint density at radius 1 is 1.04 bits per heavy atom. The molecule has 3 aromatic rings. The Kier molecular flexibility index (Phi) is 6.73. The number of hydrazone groups is 1. The molecule has 3 rings (SSSR count). The summed E-state index contributed by atoms with van der Waals surface area (Å²) in [7, 11) is 0. The van der Waals surface area contributed by atoms with E-state index in [-0.39, 0.29) is 5.56 Å². The molecule has 5 nitrogen and oxygen atoms in total. The van der Waals surface area contributed by atoms with Crippen LogP contribution in [0.2, 0.25) is 0 Å². The Morgan fingerprint density at radius 3 is 2.36 bits per heavy atom. The first-order valence-corrected chi connectivity index (χ1v) is 9.69. The van der Waals surface area contributed by atoms with E-state index in [1.807, 2.05) is 62.4 Å². The summed E-state index contributed by atoms with van der Waals surface area (Å²) in [5.41, 5.74) is 7.57. The molecule has 0 amide bonds. The second-order valence-corrected chi connectivity index (χ2v) is 6.75. The number of nitrogens with zero attached hydrogens (tertiary/aromatic N) is 2. The van der Waals surface area contributed by atoms with Gasteiger partial charge in [0.1, 0.15) is 0 Å². The monoisotopic (exact) mass is 374 g/mol. The van der Waals surface area contributed by atoms with Crippen LogP contribution < -0.4 is 11.0 Å². The van der Waals surface area contributed by atoms with Crippen LogP contribution in [-0.2, 0) is 12.8 Å². The maximum atomic E-state index is 12.3. The van der Waals surface area contributed by atoms with Crippen LogP contribution in [0.25, 0.3) is 0 Å². The molecule has 0 spiro atoms. The second-order valence-electron chi connectivity index (χ2n) is 6.75. The summed E-state index contributed by atoms with van der Waals surface area (Å²) < 4.78 is 0. The average molecular weight is 374 g/mol. The van der Waals surface area contributed by atoms with Crippen molar-refractivity contribution < 1.29 is 0 Å². The predicted molar refractivity (Wildman–Crippen MR) is 115 cm³/mol. The maximum Gasteiger partial charge on any atom is 0.255 e. The molecule has 144 valence electrons. The molecule has 0 aliphatic heterocycles. The zero-order valence-corrected chi connectivity index (χ0v) is 16.4. The molecule has 2 aromatic carbocycles. The summed E-state index contributed by atoms with van der Waals surface area (Å²) in [5, 5.41) is 4.57. The van der Waals surface area contributed by atoms with Gasteiger partial charge in [0, 0.05) is 11.3 Å². The molecule has 0 bridgehead atoms. The van der Waals surface area contributed by atoms with E-state index in [2.05, 4.69) is 32.6 Å². The first-order valence-electron chi connectivity index (χ1n) is 9.69. The van der Waals surface area contributed by atoms with Gasteiger partial charge < -0.3 is 0 Å². The third kappa shape index (κ3) is 5.16. The number of nitrogens with one attached hydrogen (secondary N) is 2. The normalized spacial score (nSPS) is 11.4. The van der Waals surface area contributed by atoms with Gasteiger partial charge in [-0.25, -0.2) is 10.4 Å². The standard InChI is InChI=1S/C23H26N4O/c1-3-10-20-17(2)24-23(25-22(20)28)27-26-21(19-13-8-5-9-14-19)16-15-18-11-6-4-7-12-18/h4-9,11-14H,3,10,15-16H2,1-2H3,(H2,24,25,27,28)/b26-21+. The third-order valence-electron chi connectivity index (χ3n) is 4.62. The molecule has 0 aliphatic carbocycles. The molecular formula is C23H26N4O. The van der Waals surface area contributed by atoms with Gasteiger partial charge in [0.05, 0.1) is 5.71 Å². The van der Waals surface area contributed by atoms with Crippen LogP contribution in [0.4, 0.5) is 5.95 Å². The number of benzene rings is 2. The lowest BCUT2D eigenvalue weighted by Crippen LogP contribution is -2.18. The number of anilines is 1. The van der Waals surface area contributed by atoms with Gasteiger partial charge in [-0.05, 0) is 37.3 Å². The van der Waals surface area contributed by atoms with Crippen molar-refractivity contribution in [3.05, 3.63) is 93.4 Å². The lowest BCUT2D eigenvalue weighted by molar-refractivity contribution is 0.865. The van der Waals surface area contributed by atoms with Gasteiger partial charge in [0.25, 0.3) is 5.56 Å². The molecule has 28 heavy (non-hydrogen) atoms. The summed E-state index contributed by atoms with van der Waals surface area (Å²) in [6.45, 7) is 3.91. The minimum absolute atomic E-state index is 0.0994. The van der Waals surface area contributed by atoms with E-state index in [9.17, 15) is 4.79 Å². The van der Waals surface area contributed by atoms with Gasteiger partial charge in [0.2, 0.25) is 5.95 Å². The topological polar surface area (TPSA) is 70.1 Å². The number of aromatic amines is 1. The molecule has 0 aliphatic rings. The fourth-order valence-corrected chi connectivity index (χ4v) is 3.13. The highest BCUT2D eigenvalue weighted by Crippen LogP contribution is 2.11. The largest absolute Gasteiger partial charge is 0.291 e. The minimum atomic E-state index is -0.0994. The molecule has 0 fully saturated rings. The van der Waals surface area contributed by atoms with E-state index >= 15 is 0 Å². The van der Waals surface area contributed by atoms with Crippen LogP contribution in [0, 0.1) is 6.92 Å². The summed E-state index contributed by atoms with van der Waals surface area (Å²) in [6.07, 6.45) is 3.30. The Hall–Kier alpha value is -3.21. The van der Waals surface area contributed by atoms with Gasteiger partial charge in [-0.2, -0.15) is 5.10 Å². The number of rotatable bonds is 8. The first-order chi connectivity index (χ1) is 13.7. The maximum absolute atomic E-state index is 12.3. The highest BCUT2D eigenvalue weighted by Gasteiger charge is 2.08. The van der Waals surface area contributed by atoms with Crippen molar-refractivity contribution in [2.24, 2.45) is 5.10 Å². The van der Waals surface area contributed by atoms with Crippen molar-refractivity contribution in [3.8, 4) is 0 Å². The van der Waals surface area contributed by atoms with Crippen LogP contribution in [0.5, 0.6) is 0 Å². The minimum Gasteiger partial charge on any atom is -0.291 e. The van der Waals surface area contributed by atoms with Gasteiger partial charge in [-0.1, -0.05) is 74.0 Å². The van der Waals surface area contributed by atoms with Gasteiger partial charge in [0.15, 0.2) is 0 Å². The molecule has 5 heteroatoms. The van der Waals surface area contributed by atoms with E-state index in [0.29, 0.717) is 5.95 Å². The predicted octanol–water partition coefficient (Wildman–Crippen LogP) is 4.48. The first kappa shape index (κ1) is 19.5. The fraction of sp³-hybridized carbons (Fsp3) is 0.261. The van der Waals surface area contributed by atoms with Crippen molar-refractivity contribution in [2.45, 2.75) is 39.5 Å². The molecule has 2 N–H and O–H groups in total. The second kappa shape index (κ2) is 9.65. The molecule has 0 saturated heterocycles. The summed E-state index contributed by atoms with van der Waals surface area (Å²) in [4.78, 5) is 19.6. The van der Waals surface area contributed by atoms with Crippen molar-refractivity contribution in [3.63, 3.8) is 0 Å². The van der Waals surface area contributed by atoms with Crippen LogP contribution in [-0.4, -0.2) is 15.7 Å². The molecule has 0 saturated carbocycles. The molecular weight excluding hydrogens is 348 g/mol. The summed E-state index contributed by atoms with van der Waals surface area (Å²) >= 11 is 0. The van der Waals surface area contributed by atoms with E-state index in [0.717, 1.165) is 48.2 Å². The Balaban J connectivity index is 1.82. The number of H-pyrrole nitrogens is 1.